The fourth-order valence-electron chi connectivity index (χ4n) is 3.90. The predicted octanol–water partition coefficient (Wildman–Crippen LogP) is 4.74. The maximum Gasteiger partial charge on any atom is 0.0627 e. The van der Waals surface area contributed by atoms with Gasteiger partial charge in [0, 0.05) is 11.5 Å². The Balaban J connectivity index is 1.61. The van der Waals surface area contributed by atoms with Crippen molar-refractivity contribution in [2.75, 3.05) is 5.33 Å². The van der Waals surface area contributed by atoms with E-state index in [2.05, 4.69) is 32.9 Å². The predicted molar refractivity (Wildman–Crippen MR) is 82.7 cm³/mol. The lowest BCUT2D eigenvalue weighted by atomic mass is 9.89. The molecule has 0 aromatic carbocycles. The van der Waals surface area contributed by atoms with Crippen LogP contribution in [0.2, 0.25) is 0 Å². The van der Waals surface area contributed by atoms with Crippen molar-refractivity contribution < 1.29 is 0 Å². The van der Waals surface area contributed by atoms with E-state index in [0.29, 0.717) is 6.04 Å². The van der Waals surface area contributed by atoms with Crippen LogP contribution in [0.1, 0.15) is 63.1 Å². The molecule has 3 heteroatoms. The van der Waals surface area contributed by atoms with E-state index in [1.165, 1.54) is 57.1 Å². The summed E-state index contributed by atoms with van der Waals surface area (Å²) in [6.07, 6.45) is 14.5. The van der Waals surface area contributed by atoms with Gasteiger partial charge in [0.15, 0.2) is 0 Å². The zero-order chi connectivity index (χ0) is 13.1. The van der Waals surface area contributed by atoms with Gasteiger partial charge in [0.2, 0.25) is 0 Å². The van der Waals surface area contributed by atoms with Gasteiger partial charge in [-0.2, -0.15) is 5.10 Å². The SMILES string of the molecule is BrCC(Cc1ccn(C2CCCC2)n1)C1CCCC1. The molecule has 0 radical (unpaired) electrons. The largest absolute Gasteiger partial charge is 0.269 e. The molecule has 3 rings (SSSR count). The van der Waals surface area contributed by atoms with Crippen LogP contribution in [0.3, 0.4) is 0 Å². The minimum Gasteiger partial charge on any atom is -0.269 e. The van der Waals surface area contributed by atoms with Gasteiger partial charge in [0.1, 0.15) is 0 Å². The summed E-state index contributed by atoms with van der Waals surface area (Å²) < 4.78 is 2.24. The Morgan fingerprint density at radius 2 is 1.84 bits per heavy atom. The molecular formula is C16H25BrN2. The first-order valence-electron chi connectivity index (χ1n) is 7.97. The van der Waals surface area contributed by atoms with Crippen molar-refractivity contribution in [3.05, 3.63) is 18.0 Å². The van der Waals surface area contributed by atoms with E-state index < -0.39 is 0 Å². The first-order chi connectivity index (χ1) is 9.36. The molecule has 1 aromatic heterocycles. The van der Waals surface area contributed by atoms with Gasteiger partial charge >= 0.3 is 0 Å². The summed E-state index contributed by atoms with van der Waals surface area (Å²) >= 11 is 3.72. The molecule has 1 unspecified atom stereocenters. The first kappa shape index (κ1) is 13.7. The fourth-order valence-corrected chi connectivity index (χ4v) is 4.66. The number of nitrogens with zero attached hydrogens (tertiary/aromatic N) is 2. The highest BCUT2D eigenvalue weighted by molar-refractivity contribution is 9.09. The second-order valence-corrected chi connectivity index (χ2v) is 7.04. The van der Waals surface area contributed by atoms with Gasteiger partial charge in [0.05, 0.1) is 11.7 Å². The number of aromatic nitrogens is 2. The lowest BCUT2D eigenvalue weighted by molar-refractivity contribution is 0.367. The van der Waals surface area contributed by atoms with Gasteiger partial charge < -0.3 is 0 Å². The van der Waals surface area contributed by atoms with Gasteiger partial charge in [-0.25, -0.2) is 0 Å². The second-order valence-electron chi connectivity index (χ2n) is 6.39. The highest BCUT2D eigenvalue weighted by Crippen LogP contribution is 2.34. The van der Waals surface area contributed by atoms with Gasteiger partial charge in [-0.3, -0.25) is 4.68 Å². The van der Waals surface area contributed by atoms with Gasteiger partial charge in [-0.15, -0.1) is 0 Å². The van der Waals surface area contributed by atoms with Crippen LogP contribution in [0.5, 0.6) is 0 Å². The van der Waals surface area contributed by atoms with E-state index in [1.807, 2.05) is 0 Å². The van der Waals surface area contributed by atoms with Crippen molar-refractivity contribution in [3.8, 4) is 0 Å². The Morgan fingerprint density at radius 3 is 2.53 bits per heavy atom. The molecule has 2 nitrogen and oxygen atoms in total. The number of alkyl halides is 1. The molecule has 2 fully saturated rings. The molecule has 0 N–H and O–H groups in total. The fraction of sp³-hybridized carbons (Fsp3) is 0.812. The third-order valence-electron chi connectivity index (χ3n) is 5.10. The smallest absolute Gasteiger partial charge is 0.0627 e. The maximum atomic E-state index is 4.85. The van der Waals surface area contributed by atoms with Gasteiger partial charge in [0.25, 0.3) is 0 Å². The van der Waals surface area contributed by atoms with E-state index in [1.54, 1.807) is 0 Å². The summed E-state index contributed by atoms with van der Waals surface area (Å²) in [6.45, 7) is 0. The van der Waals surface area contributed by atoms with E-state index in [-0.39, 0.29) is 0 Å². The number of rotatable bonds is 5. The van der Waals surface area contributed by atoms with Crippen molar-refractivity contribution in [1.82, 2.24) is 9.78 Å². The van der Waals surface area contributed by atoms with E-state index in [0.717, 1.165) is 23.6 Å². The summed E-state index contributed by atoms with van der Waals surface area (Å²) in [7, 11) is 0. The average molecular weight is 325 g/mol. The third kappa shape index (κ3) is 3.24. The monoisotopic (exact) mass is 324 g/mol. The Bertz CT molecular complexity index is 389. The van der Waals surface area contributed by atoms with Crippen LogP contribution in [-0.2, 0) is 6.42 Å². The molecule has 19 heavy (non-hydrogen) atoms. The molecule has 2 saturated carbocycles. The molecule has 2 aliphatic carbocycles. The number of halogens is 1. The molecule has 1 aromatic rings. The van der Waals surface area contributed by atoms with E-state index in [9.17, 15) is 0 Å². The molecule has 1 heterocycles. The molecule has 0 aliphatic heterocycles. The van der Waals surface area contributed by atoms with Crippen molar-refractivity contribution in [2.45, 2.75) is 63.8 Å². The van der Waals surface area contributed by atoms with Gasteiger partial charge in [-0.1, -0.05) is 54.5 Å². The molecule has 106 valence electrons. The Kier molecular flexibility index (Phi) is 4.62. The van der Waals surface area contributed by atoms with Crippen LogP contribution >= 0.6 is 15.9 Å². The van der Waals surface area contributed by atoms with E-state index >= 15 is 0 Å². The van der Waals surface area contributed by atoms with Crippen LogP contribution < -0.4 is 0 Å². The Hall–Kier alpha value is -0.310. The minimum absolute atomic E-state index is 0.683. The van der Waals surface area contributed by atoms with Crippen LogP contribution in [-0.4, -0.2) is 15.1 Å². The highest BCUT2D eigenvalue weighted by Gasteiger charge is 2.25. The molecule has 1 atom stereocenters. The third-order valence-corrected chi connectivity index (χ3v) is 5.93. The quantitative estimate of drug-likeness (QED) is 0.715. The van der Waals surface area contributed by atoms with Gasteiger partial charge in [-0.05, 0) is 37.2 Å². The zero-order valence-electron chi connectivity index (χ0n) is 11.7. The van der Waals surface area contributed by atoms with Crippen molar-refractivity contribution in [1.29, 1.82) is 0 Å². The molecule has 2 aliphatic rings. The lowest BCUT2D eigenvalue weighted by Crippen LogP contribution is -2.17. The molecule has 0 bridgehead atoms. The molecule has 0 saturated heterocycles. The number of hydrogen-bond donors (Lipinski definition) is 0. The zero-order valence-corrected chi connectivity index (χ0v) is 13.3. The number of hydrogen-bond acceptors (Lipinski definition) is 1. The average Bonchev–Trinajstić information content (AvgIpc) is 3.15. The summed E-state index contributed by atoms with van der Waals surface area (Å²) in [5, 5.41) is 5.98. The van der Waals surface area contributed by atoms with Crippen LogP contribution in [0.4, 0.5) is 0 Å². The first-order valence-corrected chi connectivity index (χ1v) is 9.09. The normalized spacial score (nSPS) is 23.2. The Morgan fingerprint density at radius 1 is 1.16 bits per heavy atom. The van der Waals surface area contributed by atoms with Crippen LogP contribution in [0.15, 0.2) is 12.3 Å². The summed E-state index contributed by atoms with van der Waals surface area (Å²) in [5.41, 5.74) is 1.31. The van der Waals surface area contributed by atoms with Crippen molar-refractivity contribution in [3.63, 3.8) is 0 Å². The maximum absolute atomic E-state index is 4.85. The minimum atomic E-state index is 0.683. The molecule has 0 amide bonds. The molecular weight excluding hydrogens is 300 g/mol. The topological polar surface area (TPSA) is 17.8 Å². The second kappa shape index (κ2) is 6.43. The lowest BCUT2D eigenvalue weighted by Gasteiger charge is -2.20. The van der Waals surface area contributed by atoms with Crippen molar-refractivity contribution >= 4 is 15.9 Å². The van der Waals surface area contributed by atoms with E-state index in [4.69, 9.17) is 5.10 Å². The Labute approximate surface area is 125 Å². The highest BCUT2D eigenvalue weighted by atomic mass is 79.9. The molecule has 0 spiro atoms. The standard InChI is InChI=1S/C16H25BrN2/c17-12-14(13-5-1-2-6-13)11-15-9-10-19(18-15)16-7-3-4-8-16/h9-10,13-14,16H,1-8,11-12H2. The summed E-state index contributed by atoms with van der Waals surface area (Å²) in [4.78, 5) is 0. The van der Waals surface area contributed by atoms with Crippen LogP contribution in [0.25, 0.3) is 0 Å². The summed E-state index contributed by atoms with van der Waals surface area (Å²) in [5.74, 6) is 1.71. The summed E-state index contributed by atoms with van der Waals surface area (Å²) in [6, 6.07) is 2.94. The van der Waals surface area contributed by atoms with Crippen molar-refractivity contribution in [2.24, 2.45) is 11.8 Å². The van der Waals surface area contributed by atoms with Crippen LogP contribution in [0, 0.1) is 11.8 Å².